The molecule has 1 fully saturated rings. The molecule has 2 rings (SSSR count). The minimum absolute atomic E-state index is 0.0923. The Morgan fingerprint density at radius 3 is 2.77 bits per heavy atom. The first-order chi connectivity index (χ1) is 12.3. The van der Waals surface area contributed by atoms with Crippen molar-refractivity contribution in [2.75, 3.05) is 18.1 Å². The number of thioether (sulfide) groups is 1. The van der Waals surface area contributed by atoms with Crippen LogP contribution in [0.1, 0.15) is 18.2 Å². The summed E-state index contributed by atoms with van der Waals surface area (Å²) in [6.07, 6.45) is -0.934. The molecule has 0 saturated carbocycles. The van der Waals surface area contributed by atoms with Crippen molar-refractivity contribution in [2.45, 2.75) is 44.4 Å². The van der Waals surface area contributed by atoms with Gasteiger partial charge in [0.25, 0.3) is 5.56 Å². The molecule has 0 aromatic carbocycles. The van der Waals surface area contributed by atoms with E-state index in [1.54, 1.807) is 6.92 Å². The molecule has 1 aromatic heterocycles. The van der Waals surface area contributed by atoms with E-state index >= 15 is 0 Å². The Hall–Kier alpha value is -1.66. The molecule has 0 bridgehead atoms. The van der Waals surface area contributed by atoms with Crippen LogP contribution in [0.2, 0.25) is 0 Å². The van der Waals surface area contributed by atoms with Crippen molar-refractivity contribution in [3.8, 4) is 0 Å². The standard InChI is InChI=1S/C15H23N3O7S/c1-8-5-18(12-4-10(20)11(6-19)25-12)15(24)17(13(8)21)2-3-26-7-9(16)14(22)23/h5,9-12,19-20H,2-4,6-7,16H2,1H3,(H,22,23)/t9-,10-,11+,12+/m0/s1. The monoisotopic (exact) mass is 389 g/mol. The number of aromatic nitrogens is 2. The quantitative estimate of drug-likeness (QED) is 0.373. The van der Waals surface area contributed by atoms with Crippen molar-refractivity contribution in [1.82, 2.24) is 9.13 Å². The van der Waals surface area contributed by atoms with Gasteiger partial charge in [0.2, 0.25) is 0 Å². The second kappa shape index (κ2) is 8.82. The molecule has 26 heavy (non-hydrogen) atoms. The van der Waals surface area contributed by atoms with E-state index in [1.807, 2.05) is 0 Å². The van der Waals surface area contributed by atoms with Gasteiger partial charge in [0.05, 0.1) is 12.7 Å². The van der Waals surface area contributed by atoms with Crippen LogP contribution >= 0.6 is 11.8 Å². The summed E-state index contributed by atoms with van der Waals surface area (Å²) in [5, 5.41) is 27.8. The number of carboxylic acids is 1. The summed E-state index contributed by atoms with van der Waals surface area (Å²) in [6.45, 7) is 1.29. The summed E-state index contributed by atoms with van der Waals surface area (Å²) in [5.41, 5.74) is 4.72. The molecule has 11 heteroatoms. The zero-order valence-corrected chi connectivity index (χ0v) is 15.1. The van der Waals surface area contributed by atoms with Gasteiger partial charge in [0.1, 0.15) is 18.4 Å². The summed E-state index contributed by atoms with van der Waals surface area (Å²) in [4.78, 5) is 35.6. The highest BCUT2D eigenvalue weighted by Gasteiger charge is 2.35. The molecule has 1 aliphatic heterocycles. The minimum atomic E-state index is -1.11. The average Bonchev–Trinajstić information content (AvgIpc) is 2.97. The largest absolute Gasteiger partial charge is 0.480 e. The highest BCUT2D eigenvalue weighted by atomic mass is 32.2. The minimum Gasteiger partial charge on any atom is -0.480 e. The van der Waals surface area contributed by atoms with Gasteiger partial charge >= 0.3 is 11.7 Å². The Balaban J connectivity index is 2.15. The Morgan fingerprint density at radius 2 is 2.19 bits per heavy atom. The van der Waals surface area contributed by atoms with Gasteiger partial charge in [-0.2, -0.15) is 11.8 Å². The summed E-state index contributed by atoms with van der Waals surface area (Å²) < 4.78 is 7.78. The van der Waals surface area contributed by atoms with Gasteiger partial charge in [-0.3, -0.25) is 18.7 Å². The first-order valence-electron chi connectivity index (χ1n) is 8.09. The van der Waals surface area contributed by atoms with Crippen LogP contribution < -0.4 is 17.0 Å². The third-order valence-electron chi connectivity index (χ3n) is 4.14. The maximum atomic E-state index is 12.6. The highest BCUT2D eigenvalue weighted by Crippen LogP contribution is 2.27. The van der Waals surface area contributed by atoms with Crippen molar-refractivity contribution in [3.63, 3.8) is 0 Å². The maximum Gasteiger partial charge on any atom is 0.333 e. The van der Waals surface area contributed by atoms with Crippen LogP contribution in [0.15, 0.2) is 15.8 Å². The number of carboxylic acid groups (broad SMARTS) is 1. The number of nitrogens with zero attached hydrogens (tertiary/aromatic N) is 2. The van der Waals surface area contributed by atoms with Gasteiger partial charge < -0.3 is 25.8 Å². The number of carbonyl (C=O) groups is 1. The molecule has 0 unspecified atom stereocenters. The normalized spacial score (nSPS) is 23.9. The van der Waals surface area contributed by atoms with Crippen LogP contribution in [-0.4, -0.2) is 66.8 Å². The predicted octanol–water partition coefficient (Wildman–Crippen LogP) is -1.90. The maximum absolute atomic E-state index is 12.6. The Kier molecular flexibility index (Phi) is 7.01. The molecule has 1 aliphatic rings. The smallest absolute Gasteiger partial charge is 0.333 e. The fourth-order valence-corrected chi connectivity index (χ4v) is 3.52. The highest BCUT2D eigenvalue weighted by molar-refractivity contribution is 7.99. The van der Waals surface area contributed by atoms with Crippen LogP contribution in [0.5, 0.6) is 0 Å². The second-order valence-electron chi connectivity index (χ2n) is 6.09. The lowest BCUT2D eigenvalue weighted by molar-refractivity contribution is -0.137. The van der Waals surface area contributed by atoms with Crippen molar-refractivity contribution in [1.29, 1.82) is 0 Å². The first kappa shape index (κ1) is 20.6. The Labute approximate surface area is 153 Å². The number of aryl methyl sites for hydroxylation is 1. The lowest BCUT2D eigenvalue weighted by atomic mass is 10.2. The summed E-state index contributed by atoms with van der Waals surface area (Å²) in [5.74, 6) is -0.601. The van der Waals surface area contributed by atoms with Crippen LogP contribution in [-0.2, 0) is 16.1 Å². The number of aliphatic hydroxyl groups is 2. The molecule has 2 heterocycles. The second-order valence-corrected chi connectivity index (χ2v) is 7.24. The van der Waals surface area contributed by atoms with Crippen LogP contribution in [0.3, 0.4) is 0 Å². The number of nitrogens with two attached hydrogens (primary N) is 1. The molecular weight excluding hydrogens is 366 g/mol. The fourth-order valence-electron chi connectivity index (χ4n) is 2.65. The summed E-state index contributed by atoms with van der Waals surface area (Å²) in [7, 11) is 0. The summed E-state index contributed by atoms with van der Waals surface area (Å²) in [6, 6.07) is -1.00. The van der Waals surface area contributed by atoms with Gasteiger partial charge in [-0.05, 0) is 6.92 Å². The lowest BCUT2D eigenvalue weighted by Crippen LogP contribution is -2.42. The zero-order valence-electron chi connectivity index (χ0n) is 14.3. The number of ether oxygens (including phenoxy) is 1. The van der Waals surface area contributed by atoms with E-state index in [2.05, 4.69) is 0 Å². The molecule has 10 nitrogen and oxygen atoms in total. The molecule has 4 atom stereocenters. The Morgan fingerprint density at radius 1 is 1.50 bits per heavy atom. The van der Waals surface area contributed by atoms with Crippen LogP contribution in [0, 0.1) is 6.92 Å². The predicted molar refractivity (Wildman–Crippen MR) is 94.3 cm³/mol. The third kappa shape index (κ3) is 4.54. The number of hydrogen-bond donors (Lipinski definition) is 4. The molecule has 1 aromatic rings. The molecular formula is C15H23N3O7S. The first-order valence-corrected chi connectivity index (χ1v) is 9.24. The van der Waals surface area contributed by atoms with Crippen LogP contribution in [0.4, 0.5) is 0 Å². The molecule has 1 saturated heterocycles. The van der Waals surface area contributed by atoms with E-state index in [-0.39, 0.29) is 25.3 Å². The van der Waals surface area contributed by atoms with E-state index in [9.17, 15) is 19.5 Å². The van der Waals surface area contributed by atoms with E-state index in [0.717, 1.165) is 4.57 Å². The molecule has 0 spiro atoms. The van der Waals surface area contributed by atoms with E-state index in [0.29, 0.717) is 11.3 Å². The number of rotatable bonds is 8. The van der Waals surface area contributed by atoms with E-state index < -0.39 is 41.7 Å². The van der Waals surface area contributed by atoms with Gasteiger partial charge in [-0.1, -0.05) is 0 Å². The molecule has 0 aliphatic carbocycles. The molecule has 0 amide bonds. The molecule has 5 N–H and O–H groups in total. The van der Waals surface area contributed by atoms with Crippen molar-refractivity contribution < 1.29 is 24.9 Å². The van der Waals surface area contributed by atoms with E-state index in [4.69, 9.17) is 20.7 Å². The van der Waals surface area contributed by atoms with Gasteiger partial charge in [0.15, 0.2) is 0 Å². The SMILES string of the molecule is Cc1cn([C@H]2C[C@H](O)[C@@H](CO)O2)c(=O)n(CCSC[C@H](N)C(=O)O)c1=O. The molecule has 0 radical (unpaired) electrons. The zero-order chi connectivity index (χ0) is 19.4. The Bertz CT molecular complexity index is 763. The van der Waals surface area contributed by atoms with Crippen LogP contribution in [0.25, 0.3) is 0 Å². The van der Waals surface area contributed by atoms with Crippen molar-refractivity contribution >= 4 is 17.7 Å². The average molecular weight is 389 g/mol. The number of aliphatic hydroxyl groups excluding tert-OH is 2. The van der Waals surface area contributed by atoms with E-state index in [1.165, 1.54) is 22.5 Å². The van der Waals surface area contributed by atoms with Gasteiger partial charge in [-0.25, -0.2) is 4.79 Å². The van der Waals surface area contributed by atoms with Gasteiger partial charge in [-0.15, -0.1) is 0 Å². The lowest BCUT2D eigenvalue weighted by Gasteiger charge is -2.17. The summed E-state index contributed by atoms with van der Waals surface area (Å²) >= 11 is 1.23. The molecule has 146 valence electrons. The fraction of sp³-hybridized carbons (Fsp3) is 0.667. The number of aliphatic carboxylic acids is 1. The van der Waals surface area contributed by atoms with Crippen molar-refractivity contribution in [2.24, 2.45) is 5.73 Å². The van der Waals surface area contributed by atoms with Gasteiger partial charge in [0, 0.05) is 36.2 Å². The van der Waals surface area contributed by atoms with Crippen molar-refractivity contribution in [3.05, 3.63) is 32.6 Å². The third-order valence-corrected chi connectivity index (χ3v) is 5.20. The topological polar surface area (TPSA) is 157 Å². The number of hydrogen-bond acceptors (Lipinski definition) is 8.